The Labute approximate surface area is 132 Å². The van der Waals surface area contributed by atoms with Gasteiger partial charge in [0.15, 0.2) is 0 Å². The Bertz CT molecular complexity index is 463. The smallest absolute Gasteiger partial charge is 0.0850 e. The van der Waals surface area contributed by atoms with Crippen LogP contribution in [0.3, 0.4) is 0 Å². The zero-order valence-corrected chi connectivity index (χ0v) is 14.0. The van der Waals surface area contributed by atoms with Crippen molar-refractivity contribution >= 4 is 11.6 Å². The summed E-state index contributed by atoms with van der Waals surface area (Å²) < 4.78 is 7.80. The highest BCUT2D eigenvalue weighted by molar-refractivity contribution is 6.31. The minimum Gasteiger partial charge on any atom is -0.378 e. The predicted molar refractivity (Wildman–Crippen MR) is 85.2 cm³/mol. The summed E-state index contributed by atoms with van der Waals surface area (Å²) in [6.07, 6.45) is 3.99. The third-order valence-corrected chi connectivity index (χ3v) is 4.94. The van der Waals surface area contributed by atoms with Gasteiger partial charge in [0.25, 0.3) is 0 Å². The Morgan fingerprint density at radius 2 is 2.24 bits per heavy atom. The van der Waals surface area contributed by atoms with Gasteiger partial charge in [-0.1, -0.05) is 25.4 Å². The average Bonchev–Trinajstić information content (AvgIpc) is 3.09. The van der Waals surface area contributed by atoms with E-state index in [2.05, 4.69) is 31.3 Å². The lowest BCUT2D eigenvalue weighted by Gasteiger charge is -2.26. The van der Waals surface area contributed by atoms with E-state index in [9.17, 15) is 0 Å². The molecule has 1 aromatic rings. The van der Waals surface area contributed by atoms with Crippen molar-refractivity contribution in [3.63, 3.8) is 0 Å². The van der Waals surface area contributed by atoms with Gasteiger partial charge in [-0.2, -0.15) is 5.10 Å². The molecule has 0 saturated carbocycles. The number of hydrogen-bond acceptors (Lipinski definition) is 4. The van der Waals surface area contributed by atoms with E-state index in [1.54, 1.807) is 0 Å². The first-order chi connectivity index (χ1) is 10.2. The Hall–Kier alpha value is -0.620. The Kier molecular flexibility index (Phi) is 6.05. The molecule has 0 bridgehead atoms. The number of ether oxygens (including phenoxy) is 1. The number of hydrogen-bond donors (Lipinski definition) is 2. The molecule has 0 aliphatic carbocycles. The van der Waals surface area contributed by atoms with E-state index in [0.717, 1.165) is 55.2 Å². The molecule has 0 spiro atoms. The van der Waals surface area contributed by atoms with Crippen LogP contribution >= 0.6 is 11.6 Å². The molecule has 0 radical (unpaired) electrons. The van der Waals surface area contributed by atoms with E-state index in [-0.39, 0.29) is 12.1 Å². The molecule has 1 aromatic heterocycles. The highest BCUT2D eigenvalue weighted by Gasteiger charge is 2.34. The summed E-state index contributed by atoms with van der Waals surface area (Å²) in [5.41, 5.74) is 5.04. The molecule has 1 fully saturated rings. The quantitative estimate of drug-likeness (QED) is 0.599. The largest absolute Gasteiger partial charge is 0.378 e. The zero-order valence-electron chi connectivity index (χ0n) is 13.2. The highest BCUT2D eigenvalue weighted by Crippen LogP contribution is 2.30. The lowest BCUT2D eigenvalue weighted by atomic mass is 9.88. The van der Waals surface area contributed by atoms with Crippen LogP contribution in [0.5, 0.6) is 0 Å². The van der Waals surface area contributed by atoms with Crippen LogP contribution in [0.15, 0.2) is 0 Å². The second-order valence-corrected chi connectivity index (χ2v) is 6.00. The molecular formula is C15H27ClN4O. The van der Waals surface area contributed by atoms with Gasteiger partial charge in [-0.25, -0.2) is 0 Å². The Morgan fingerprint density at radius 1 is 1.48 bits per heavy atom. The minimum absolute atomic E-state index is 0.168. The summed E-state index contributed by atoms with van der Waals surface area (Å²) in [4.78, 5) is 0. The first-order valence-corrected chi connectivity index (χ1v) is 8.35. The van der Waals surface area contributed by atoms with Crippen molar-refractivity contribution in [1.29, 1.82) is 0 Å². The van der Waals surface area contributed by atoms with E-state index in [0.29, 0.717) is 5.92 Å². The van der Waals surface area contributed by atoms with E-state index < -0.39 is 0 Å². The normalized spacial score (nSPS) is 23.7. The van der Waals surface area contributed by atoms with Crippen LogP contribution in [0.1, 0.15) is 45.0 Å². The number of hydrazine groups is 1. The van der Waals surface area contributed by atoms with Crippen LogP contribution < -0.4 is 11.3 Å². The van der Waals surface area contributed by atoms with E-state index in [4.69, 9.17) is 22.2 Å². The van der Waals surface area contributed by atoms with Gasteiger partial charge in [0.1, 0.15) is 0 Å². The second-order valence-electron chi connectivity index (χ2n) is 5.62. The van der Waals surface area contributed by atoms with Crippen molar-refractivity contribution in [2.45, 2.75) is 65.1 Å². The van der Waals surface area contributed by atoms with Crippen LogP contribution in [-0.2, 0) is 24.1 Å². The summed E-state index contributed by atoms with van der Waals surface area (Å²) in [6, 6.07) is 0.168. The second kappa shape index (κ2) is 7.58. The maximum Gasteiger partial charge on any atom is 0.0850 e. The lowest BCUT2D eigenvalue weighted by Crippen LogP contribution is -2.45. The lowest BCUT2D eigenvalue weighted by molar-refractivity contribution is 0.0772. The van der Waals surface area contributed by atoms with E-state index in [1.165, 1.54) is 0 Å². The summed E-state index contributed by atoms with van der Waals surface area (Å²) in [5, 5.41) is 5.38. The first kappa shape index (κ1) is 16.7. The fraction of sp³-hybridized carbons (Fsp3) is 0.800. The number of nitrogens with two attached hydrogens (primary N) is 1. The summed E-state index contributed by atoms with van der Waals surface area (Å²) in [6.45, 7) is 7.97. The van der Waals surface area contributed by atoms with Crippen molar-refractivity contribution < 1.29 is 4.74 Å². The molecule has 3 N–H and O–H groups in total. The molecular weight excluding hydrogens is 288 g/mol. The molecule has 2 heterocycles. The average molecular weight is 315 g/mol. The van der Waals surface area contributed by atoms with Gasteiger partial charge in [0.05, 0.1) is 22.5 Å². The Balaban J connectivity index is 2.20. The van der Waals surface area contributed by atoms with Crippen molar-refractivity contribution in [1.82, 2.24) is 15.2 Å². The van der Waals surface area contributed by atoms with Gasteiger partial charge < -0.3 is 4.74 Å². The molecule has 3 unspecified atom stereocenters. The van der Waals surface area contributed by atoms with Crippen LogP contribution in [0.4, 0.5) is 0 Å². The molecule has 1 saturated heterocycles. The fourth-order valence-electron chi connectivity index (χ4n) is 3.30. The SMILES string of the molecule is CCc1nn(CC)c(CC(NN)C2CCOC2CC)c1Cl. The molecule has 0 aromatic carbocycles. The van der Waals surface area contributed by atoms with Gasteiger partial charge in [0.2, 0.25) is 0 Å². The van der Waals surface area contributed by atoms with Crippen LogP contribution in [0, 0.1) is 5.92 Å². The van der Waals surface area contributed by atoms with Crippen molar-refractivity contribution in [3.8, 4) is 0 Å². The molecule has 1 aliphatic rings. The standard InChI is InChI=1S/C15H27ClN4O/c1-4-11-15(16)13(20(6-3)19-11)9-12(18-17)10-7-8-21-14(10)5-2/h10,12,14,18H,4-9,17H2,1-3H3. The fourth-order valence-corrected chi connectivity index (χ4v) is 3.65. The number of halogens is 1. The summed E-state index contributed by atoms with van der Waals surface area (Å²) in [5.74, 6) is 6.25. The maximum atomic E-state index is 6.50. The van der Waals surface area contributed by atoms with Gasteiger partial charge in [-0.05, 0) is 26.2 Å². The molecule has 2 rings (SSSR count). The van der Waals surface area contributed by atoms with Gasteiger partial charge in [-0.15, -0.1) is 0 Å². The first-order valence-electron chi connectivity index (χ1n) is 7.97. The number of aromatic nitrogens is 2. The third-order valence-electron chi connectivity index (χ3n) is 4.50. The topological polar surface area (TPSA) is 65.1 Å². The Morgan fingerprint density at radius 3 is 2.81 bits per heavy atom. The summed E-state index contributed by atoms with van der Waals surface area (Å²) >= 11 is 6.50. The van der Waals surface area contributed by atoms with Crippen LogP contribution in [0.2, 0.25) is 5.02 Å². The van der Waals surface area contributed by atoms with Crippen molar-refractivity contribution in [2.75, 3.05) is 6.61 Å². The summed E-state index contributed by atoms with van der Waals surface area (Å²) in [7, 11) is 0. The van der Waals surface area contributed by atoms with Crippen molar-refractivity contribution in [2.24, 2.45) is 11.8 Å². The molecule has 120 valence electrons. The van der Waals surface area contributed by atoms with E-state index in [1.807, 2.05) is 4.68 Å². The van der Waals surface area contributed by atoms with E-state index >= 15 is 0 Å². The molecule has 0 amide bonds. The monoisotopic (exact) mass is 314 g/mol. The number of nitrogens with one attached hydrogen (secondary N) is 1. The molecule has 21 heavy (non-hydrogen) atoms. The van der Waals surface area contributed by atoms with Gasteiger partial charge >= 0.3 is 0 Å². The van der Waals surface area contributed by atoms with Gasteiger partial charge in [-0.3, -0.25) is 16.0 Å². The molecule has 3 atom stereocenters. The maximum absolute atomic E-state index is 6.50. The zero-order chi connectivity index (χ0) is 15.4. The van der Waals surface area contributed by atoms with Crippen molar-refractivity contribution in [3.05, 3.63) is 16.4 Å². The third kappa shape index (κ3) is 3.42. The van der Waals surface area contributed by atoms with Crippen LogP contribution in [-0.4, -0.2) is 28.5 Å². The number of aryl methyl sites for hydroxylation is 2. The molecule has 6 heteroatoms. The predicted octanol–water partition coefficient (Wildman–Crippen LogP) is 2.31. The number of nitrogens with zero attached hydrogens (tertiary/aromatic N) is 2. The number of rotatable bonds is 7. The molecule has 1 aliphatic heterocycles. The molecule has 5 nitrogen and oxygen atoms in total. The van der Waals surface area contributed by atoms with Crippen LogP contribution in [0.25, 0.3) is 0 Å². The highest BCUT2D eigenvalue weighted by atomic mass is 35.5. The minimum atomic E-state index is 0.168. The van der Waals surface area contributed by atoms with Gasteiger partial charge in [0, 0.05) is 31.5 Å².